The van der Waals surface area contributed by atoms with Gasteiger partial charge in [-0.25, -0.2) is 0 Å². The van der Waals surface area contributed by atoms with Gasteiger partial charge in [-0.05, 0) is 12.1 Å². The Kier molecular flexibility index (Phi) is 4.73. The van der Waals surface area contributed by atoms with Crippen LogP contribution in [-0.4, -0.2) is 12.0 Å². The third-order valence-corrected chi connectivity index (χ3v) is 3.97. The SMILES string of the molecule is CNc1ccc(/N=N\c2c(C#N)cc([N+](=O)[O-])cc2C#N)c2ccccc12. The average Bonchev–Trinajstić information content (AvgIpc) is 2.71. The van der Waals surface area contributed by atoms with Gasteiger partial charge in [0.2, 0.25) is 0 Å². The van der Waals surface area contributed by atoms with Gasteiger partial charge in [0.1, 0.15) is 17.8 Å². The second-order valence-corrected chi connectivity index (χ2v) is 5.50. The second-order valence-electron chi connectivity index (χ2n) is 5.50. The van der Waals surface area contributed by atoms with Crippen LogP contribution in [-0.2, 0) is 0 Å². The van der Waals surface area contributed by atoms with Gasteiger partial charge in [-0.2, -0.15) is 10.5 Å². The molecule has 0 radical (unpaired) electrons. The number of hydrogen-bond acceptors (Lipinski definition) is 7. The molecule has 0 aliphatic heterocycles. The summed E-state index contributed by atoms with van der Waals surface area (Å²) in [5.41, 5.74) is 0.977. The minimum absolute atomic E-state index is 0.00683. The van der Waals surface area contributed by atoms with Crippen LogP contribution in [0.1, 0.15) is 11.1 Å². The van der Waals surface area contributed by atoms with Crippen LogP contribution in [0.2, 0.25) is 0 Å². The van der Waals surface area contributed by atoms with Gasteiger partial charge in [0.15, 0.2) is 0 Å². The molecule has 8 nitrogen and oxygen atoms in total. The van der Waals surface area contributed by atoms with Crippen LogP contribution in [0.15, 0.2) is 58.8 Å². The molecule has 0 aliphatic rings. The van der Waals surface area contributed by atoms with E-state index in [0.717, 1.165) is 28.6 Å². The summed E-state index contributed by atoms with van der Waals surface area (Å²) in [7, 11) is 1.82. The van der Waals surface area contributed by atoms with Crippen LogP contribution in [0.3, 0.4) is 0 Å². The molecule has 0 saturated heterocycles. The highest BCUT2D eigenvalue weighted by Gasteiger charge is 2.17. The molecule has 3 aromatic carbocycles. The number of azo groups is 1. The van der Waals surface area contributed by atoms with E-state index in [4.69, 9.17) is 0 Å². The summed E-state index contributed by atoms with van der Waals surface area (Å²) in [5.74, 6) is 0. The fourth-order valence-electron chi connectivity index (χ4n) is 2.70. The summed E-state index contributed by atoms with van der Waals surface area (Å²) in [6.45, 7) is 0. The van der Waals surface area contributed by atoms with Crippen molar-refractivity contribution in [1.29, 1.82) is 10.5 Å². The molecule has 0 fully saturated rings. The maximum Gasteiger partial charge on any atom is 0.272 e. The number of nitro benzene ring substituents is 1. The Labute approximate surface area is 154 Å². The summed E-state index contributed by atoms with van der Waals surface area (Å²) < 4.78 is 0. The molecule has 0 aliphatic carbocycles. The van der Waals surface area contributed by atoms with Crippen molar-refractivity contribution in [1.82, 2.24) is 0 Å². The lowest BCUT2D eigenvalue weighted by molar-refractivity contribution is -0.384. The monoisotopic (exact) mass is 356 g/mol. The Morgan fingerprint density at radius 3 is 2.19 bits per heavy atom. The van der Waals surface area contributed by atoms with Crippen molar-refractivity contribution in [2.45, 2.75) is 0 Å². The lowest BCUT2D eigenvalue weighted by Crippen LogP contribution is -1.92. The molecule has 0 amide bonds. The first-order chi connectivity index (χ1) is 13.1. The molecule has 3 rings (SSSR count). The molecule has 0 saturated carbocycles. The second kappa shape index (κ2) is 7.30. The van der Waals surface area contributed by atoms with Crippen LogP contribution < -0.4 is 5.32 Å². The predicted molar refractivity (Wildman–Crippen MR) is 100 cm³/mol. The van der Waals surface area contributed by atoms with Gasteiger partial charge < -0.3 is 5.32 Å². The highest BCUT2D eigenvalue weighted by Crippen LogP contribution is 2.34. The standard InChI is InChI=1S/C19H12N6O2/c1-22-17-6-7-18(16-5-3-2-4-15(16)17)23-24-19-12(10-20)8-14(25(26)27)9-13(19)11-21/h2-9,22H,1H3/b24-23-. The molecule has 130 valence electrons. The van der Waals surface area contributed by atoms with Crippen LogP contribution in [0.4, 0.5) is 22.7 Å². The van der Waals surface area contributed by atoms with Gasteiger partial charge in [-0.15, -0.1) is 10.2 Å². The molecule has 0 aromatic heterocycles. The average molecular weight is 356 g/mol. The van der Waals surface area contributed by atoms with Crippen molar-refractivity contribution in [3.05, 3.63) is 69.8 Å². The first-order valence-electron chi connectivity index (χ1n) is 7.83. The minimum atomic E-state index is -0.660. The van der Waals surface area contributed by atoms with Gasteiger partial charge in [0.25, 0.3) is 5.69 Å². The Morgan fingerprint density at radius 1 is 1.00 bits per heavy atom. The largest absolute Gasteiger partial charge is 0.388 e. The molecule has 0 spiro atoms. The summed E-state index contributed by atoms with van der Waals surface area (Å²) in [6.07, 6.45) is 0. The summed E-state index contributed by atoms with van der Waals surface area (Å²) in [6, 6.07) is 17.1. The highest BCUT2D eigenvalue weighted by atomic mass is 16.6. The Balaban J connectivity index is 2.15. The lowest BCUT2D eigenvalue weighted by atomic mass is 10.1. The molecule has 1 N–H and O–H groups in total. The Hall–Kier alpha value is -4.30. The smallest absolute Gasteiger partial charge is 0.272 e. The Morgan fingerprint density at radius 2 is 1.63 bits per heavy atom. The molecular formula is C19H12N6O2. The van der Waals surface area contributed by atoms with Crippen molar-refractivity contribution < 1.29 is 4.92 Å². The van der Waals surface area contributed by atoms with E-state index in [2.05, 4.69) is 15.5 Å². The van der Waals surface area contributed by atoms with E-state index in [-0.39, 0.29) is 22.5 Å². The van der Waals surface area contributed by atoms with Gasteiger partial charge in [0, 0.05) is 35.6 Å². The zero-order chi connectivity index (χ0) is 19.4. The number of benzene rings is 3. The topological polar surface area (TPSA) is 127 Å². The molecular weight excluding hydrogens is 344 g/mol. The van der Waals surface area contributed by atoms with Crippen molar-refractivity contribution in [2.75, 3.05) is 12.4 Å². The molecule has 3 aromatic rings. The van der Waals surface area contributed by atoms with E-state index in [0.29, 0.717) is 5.69 Å². The first kappa shape index (κ1) is 17.5. The normalized spacial score (nSPS) is 10.5. The molecule has 0 unspecified atom stereocenters. The lowest BCUT2D eigenvalue weighted by Gasteiger charge is -2.07. The maximum atomic E-state index is 11.0. The summed E-state index contributed by atoms with van der Waals surface area (Å²) in [5, 5.41) is 42.7. The van der Waals surface area contributed by atoms with Crippen molar-refractivity contribution in [3.63, 3.8) is 0 Å². The number of nitro groups is 1. The van der Waals surface area contributed by atoms with E-state index in [1.807, 2.05) is 49.5 Å². The van der Waals surface area contributed by atoms with Crippen LogP contribution >= 0.6 is 0 Å². The quantitative estimate of drug-likeness (QED) is 0.402. The first-order valence-corrected chi connectivity index (χ1v) is 7.83. The molecule has 0 heterocycles. The van der Waals surface area contributed by atoms with Crippen molar-refractivity contribution in [3.8, 4) is 12.1 Å². The van der Waals surface area contributed by atoms with Gasteiger partial charge >= 0.3 is 0 Å². The van der Waals surface area contributed by atoms with Crippen LogP contribution in [0.5, 0.6) is 0 Å². The zero-order valence-electron chi connectivity index (χ0n) is 14.2. The number of hydrogen-bond donors (Lipinski definition) is 1. The van der Waals surface area contributed by atoms with E-state index in [1.54, 1.807) is 6.07 Å². The fourth-order valence-corrected chi connectivity index (χ4v) is 2.70. The highest BCUT2D eigenvalue weighted by molar-refractivity contribution is 6.00. The molecule has 0 atom stereocenters. The van der Waals surface area contributed by atoms with Crippen molar-refractivity contribution in [2.24, 2.45) is 10.2 Å². The van der Waals surface area contributed by atoms with Crippen LogP contribution in [0, 0.1) is 32.8 Å². The molecule has 27 heavy (non-hydrogen) atoms. The number of anilines is 1. The summed E-state index contributed by atoms with van der Waals surface area (Å²) in [4.78, 5) is 10.3. The number of nitrogens with one attached hydrogen (secondary N) is 1. The number of non-ortho nitro benzene ring substituents is 1. The van der Waals surface area contributed by atoms with E-state index in [1.165, 1.54) is 0 Å². The third-order valence-electron chi connectivity index (χ3n) is 3.97. The van der Waals surface area contributed by atoms with Crippen LogP contribution in [0.25, 0.3) is 10.8 Å². The Bertz CT molecular complexity index is 1140. The third kappa shape index (κ3) is 3.28. The predicted octanol–water partition coefficient (Wildman–Crippen LogP) is 4.95. The molecule has 8 heteroatoms. The van der Waals surface area contributed by atoms with E-state index in [9.17, 15) is 20.6 Å². The van der Waals surface area contributed by atoms with E-state index >= 15 is 0 Å². The number of fused-ring (bicyclic) bond motifs is 1. The number of nitriles is 2. The van der Waals surface area contributed by atoms with Crippen molar-refractivity contribution >= 4 is 33.5 Å². The van der Waals surface area contributed by atoms with Gasteiger partial charge in [-0.3, -0.25) is 10.1 Å². The fraction of sp³-hybridized carbons (Fsp3) is 0.0526. The van der Waals surface area contributed by atoms with Gasteiger partial charge in [-0.1, -0.05) is 24.3 Å². The minimum Gasteiger partial charge on any atom is -0.388 e. The van der Waals surface area contributed by atoms with Gasteiger partial charge in [0.05, 0.1) is 21.7 Å². The van der Waals surface area contributed by atoms with E-state index < -0.39 is 4.92 Å². The zero-order valence-corrected chi connectivity index (χ0v) is 14.2. The number of nitrogens with zero attached hydrogens (tertiary/aromatic N) is 5. The maximum absolute atomic E-state index is 11.0. The molecule has 0 bridgehead atoms. The summed E-state index contributed by atoms with van der Waals surface area (Å²) >= 11 is 0. The number of rotatable bonds is 4.